The van der Waals surface area contributed by atoms with E-state index in [-0.39, 0.29) is 0 Å². The van der Waals surface area contributed by atoms with Gasteiger partial charge in [-0.2, -0.15) is 0 Å². The molecule has 0 saturated carbocycles. The van der Waals surface area contributed by atoms with E-state index < -0.39 is 6.10 Å². The molecule has 2 rings (SSSR count). The van der Waals surface area contributed by atoms with Crippen molar-refractivity contribution >= 4 is 11.5 Å². The van der Waals surface area contributed by atoms with Crippen LogP contribution in [0.2, 0.25) is 0 Å². The Bertz CT molecular complexity index is 514. The number of nitrogens with two attached hydrogens (primary N) is 2. The first kappa shape index (κ1) is 11.4. The van der Waals surface area contributed by atoms with Crippen LogP contribution in [0.15, 0.2) is 42.6 Å². The second kappa shape index (κ2) is 4.84. The summed E-state index contributed by atoms with van der Waals surface area (Å²) >= 11 is 0. The van der Waals surface area contributed by atoms with E-state index in [1.807, 2.05) is 24.3 Å². The Morgan fingerprint density at radius 2 is 1.88 bits per heavy atom. The molecule has 1 unspecified atom stereocenters. The normalized spacial score (nSPS) is 12.3. The number of anilines is 2. The maximum atomic E-state index is 10.1. The van der Waals surface area contributed by atoms with Crippen LogP contribution in [0.1, 0.15) is 17.2 Å². The van der Waals surface area contributed by atoms with Gasteiger partial charge in [-0.3, -0.25) is 0 Å². The smallest absolute Gasteiger partial charge is 0.126 e. The van der Waals surface area contributed by atoms with Crippen LogP contribution in [0.5, 0.6) is 0 Å². The van der Waals surface area contributed by atoms with E-state index in [1.54, 1.807) is 18.3 Å². The summed E-state index contributed by atoms with van der Waals surface area (Å²) < 4.78 is 0. The zero-order valence-corrected chi connectivity index (χ0v) is 9.38. The molecule has 88 valence electrons. The van der Waals surface area contributed by atoms with Crippen molar-refractivity contribution < 1.29 is 5.11 Å². The lowest BCUT2D eigenvalue weighted by Gasteiger charge is -2.14. The third-order valence-electron chi connectivity index (χ3n) is 2.69. The first-order valence-electron chi connectivity index (χ1n) is 5.40. The van der Waals surface area contributed by atoms with Gasteiger partial charge >= 0.3 is 0 Å². The van der Waals surface area contributed by atoms with Crippen LogP contribution < -0.4 is 11.5 Å². The molecule has 1 aromatic carbocycles. The van der Waals surface area contributed by atoms with Crippen molar-refractivity contribution in [2.75, 3.05) is 11.5 Å². The van der Waals surface area contributed by atoms with Crippen LogP contribution in [0.4, 0.5) is 11.5 Å². The highest BCUT2D eigenvalue weighted by Gasteiger charge is 2.12. The molecule has 0 bridgehead atoms. The van der Waals surface area contributed by atoms with Gasteiger partial charge in [-0.1, -0.05) is 24.3 Å². The van der Waals surface area contributed by atoms with E-state index in [0.29, 0.717) is 17.9 Å². The summed E-state index contributed by atoms with van der Waals surface area (Å²) in [5.74, 6) is 0.445. The van der Waals surface area contributed by atoms with Crippen molar-refractivity contribution in [1.29, 1.82) is 0 Å². The maximum Gasteiger partial charge on any atom is 0.126 e. The van der Waals surface area contributed by atoms with Crippen LogP contribution in [0.3, 0.4) is 0 Å². The molecular formula is C13H15N3O. The Kier molecular flexibility index (Phi) is 3.25. The van der Waals surface area contributed by atoms with Crippen molar-refractivity contribution in [3.8, 4) is 0 Å². The number of pyridine rings is 1. The molecule has 17 heavy (non-hydrogen) atoms. The second-order valence-electron chi connectivity index (χ2n) is 3.90. The van der Waals surface area contributed by atoms with E-state index in [2.05, 4.69) is 4.98 Å². The molecule has 0 spiro atoms. The van der Waals surface area contributed by atoms with Crippen LogP contribution in [-0.4, -0.2) is 10.1 Å². The summed E-state index contributed by atoms with van der Waals surface area (Å²) in [5.41, 5.74) is 13.7. The Hall–Kier alpha value is -2.07. The van der Waals surface area contributed by atoms with E-state index >= 15 is 0 Å². The van der Waals surface area contributed by atoms with Gasteiger partial charge in [0.05, 0.1) is 6.10 Å². The maximum absolute atomic E-state index is 10.1. The van der Waals surface area contributed by atoms with Gasteiger partial charge in [0.25, 0.3) is 0 Å². The zero-order valence-electron chi connectivity index (χ0n) is 9.38. The standard InChI is InChI=1S/C13H15N3O/c14-11-6-2-1-5-10(11)12(17)8-9-4-3-7-16-13(9)15/h1-7,12,17H,8,14H2,(H2,15,16). The third-order valence-corrected chi connectivity index (χ3v) is 2.69. The van der Waals surface area contributed by atoms with E-state index in [0.717, 1.165) is 11.1 Å². The molecule has 4 heteroatoms. The number of aliphatic hydroxyl groups is 1. The van der Waals surface area contributed by atoms with Gasteiger partial charge in [-0.15, -0.1) is 0 Å². The number of para-hydroxylation sites is 1. The van der Waals surface area contributed by atoms with Crippen molar-refractivity contribution in [2.45, 2.75) is 12.5 Å². The molecule has 0 aliphatic carbocycles. The molecule has 5 N–H and O–H groups in total. The van der Waals surface area contributed by atoms with Gasteiger partial charge in [0.15, 0.2) is 0 Å². The molecule has 2 aromatic rings. The quantitative estimate of drug-likeness (QED) is 0.697. The average Bonchev–Trinajstić information content (AvgIpc) is 2.32. The third kappa shape index (κ3) is 2.54. The van der Waals surface area contributed by atoms with Gasteiger partial charge in [0, 0.05) is 23.9 Å². The predicted octanol–water partition coefficient (Wildman–Crippen LogP) is 1.52. The molecule has 4 nitrogen and oxygen atoms in total. The van der Waals surface area contributed by atoms with Crippen LogP contribution in [0.25, 0.3) is 0 Å². The molecule has 1 heterocycles. The molecule has 0 fully saturated rings. The Morgan fingerprint density at radius 1 is 1.12 bits per heavy atom. The fourth-order valence-corrected chi connectivity index (χ4v) is 1.76. The average molecular weight is 229 g/mol. The summed E-state index contributed by atoms with van der Waals surface area (Å²) in [7, 11) is 0. The molecule has 0 amide bonds. The highest BCUT2D eigenvalue weighted by atomic mass is 16.3. The topological polar surface area (TPSA) is 85.2 Å². The molecule has 1 atom stereocenters. The molecule has 0 aliphatic rings. The lowest BCUT2D eigenvalue weighted by atomic mass is 10.0. The van der Waals surface area contributed by atoms with Crippen molar-refractivity contribution in [3.63, 3.8) is 0 Å². The zero-order chi connectivity index (χ0) is 12.3. The number of nitrogens with zero attached hydrogens (tertiary/aromatic N) is 1. The Labute approximate surface area is 99.9 Å². The van der Waals surface area contributed by atoms with E-state index in [4.69, 9.17) is 11.5 Å². The Balaban J connectivity index is 2.20. The SMILES string of the molecule is Nc1ccccc1C(O)Cc1cccnc1N. The number of benzene rings is 1. The van der Waals surface area contributed by atoms with Gasteiger partial charge < -0.3 is 16.6 Å². The molecule has 0 radical (unpaired) electrons. The van der Waals surface area contributed by atoms with E-state index in [9.17, 15) is 5.11 Å². The number of aliphatic hydroxyl groups excluding tert-OH is 1. The fourth-order valence-electron chi connectivity index (χ4n) is 1.76. The first-order valence-corrected chi connectivity index (χ1v) is 5.40. The molecule has 1 aromatic heterocycles. The fraction of sp³-hybridized carbons (Fsp3) is 0.154. The summed E-state index contributed by atoms with van der Waals surface area (Å²) in [6.07, 6.45) is 1.37. The van der Waals surface area contributed by atoms with Gasteiger partial charge in [0.2, 0.25) is 0 Å². The van der Waals surface area contributed by atoms with Crippen LogP contribution in [-0.2, 0) is 6.42 Å². The molecule has 0 aliphatic heterocycles. The lowest BCUT2D eigenvalue weighted by Crippen LogP contribution is -2.07. The minimum Gasteiger partial charge on any atom is -0.398 e. The monoisotopic (exact) mass is 229 g/mol. The van der Waals surface area contributed by atoms with Gasteiger partial charge in [-0.05, 0) is 17.7 Å². The Morgan fingerprint density at radius 3 is 2.59 bits per heavy atom. The van der Waals surface area contributed by atoms with Crippen molar-refractivity contribution in [1.82, 2.24) is 4.98 Å². The van der Waals surface area contributed by atoms with Crippen LogP contribution >= 0.6 is 0 Å². The number of rotatable bonds is 3. The molecule has 0 saturated heterocycles. The summed E-state index contributed by atoms with van der Waals surface area (Å²) in [4.78, 5) is 3.98. The van der Waals surface area contributed by atoms with Crippen molar-refractivity contribution in [2.24, 2.45) is 0 Å². The highest BCUT2D eigenvalue weighted by Crippen LogP contribution is 2.24. The van der Waals surface area contributed by atoms with Crippen molar-refractivity contribution in [3.05, 3.63) is 53.7 Å². The lowest BCUT2D eigenvalue weighted by molar-refractivity contribution is 0.179. The van der Waals surface area contributed by atoms with Gasteiger partial charge in [-0.25, -0.2) is 4.98 Å². The summed E-state index contributed by atoms with van der Waals surface area (Å²) in [6.45, 7) is 0. The predicted molar refractivity (Wildman–Crippen MR) is 68.2 cm³/mol. The number of aromatic nitrogens is 1. The van der Waals surface area contributed by atoms with Crippen LogP contribution in [0, 0.1) is 0 Å². The minimum absolute atomic E-state index is 0.411. The largest absolute Gasteiger partial charge is 0.398 e. The summed E-state index contributed by atoms with van der Waals surface area (Å²) in [5, 5.41) is 10.1. The number of hydrogen-bond donors (Lipinski definition) is 3. The number of hydrogen-bond acceptors (Lipinski definition) is 4. The summed E-state index contributed by atoms with van der Waals surface area (Å²) in [6, 6.07) is 10.9. The second-order valence-corrected chi connectivity index (χ2v) is 3.90. The van der Waals surface area contributed by atoms with Gasteiger partial charge in [0.1, 0.15) is 5.82 Å². The highest BCUT2D eigenvalue weighted by molar-refractivity contribution is 5.49. The minimum atomic E-state index is -0.664. The van der Waals surface area contributed by atoms with E-state index in [1.165, 1.54) is 0 Å². The molecular weight excluding hydrogens is 214 g/mol. The first-order chi connectivity index (χ1) is 8.18. The number of nitrogen functional groups attached to an aromatic ring is 2.